The number of carbonyl (C=O) groups is 4. The number of urea groups is 1. The summed E-state index contributed by atoms with van der Waals surface area (Å²) >= 11 is 7.90. The average molecular weight is 858 g/mol. The molecule has 0 radical (unpaired) electrons. The average Bonchev–Trinajstić information content (AvgIpc) is 3.91. The maximum atomic E-state index is 14.1. The summed E-state index contributed by atoms with van der Waals surface area (Å²) in [5.41, 5.74) is 2.43. The molecule has 1 aromatic heterocycles. The molecule has 3 atom stereocenters. The number of hydrogen-bond acceptors (Lipinski definition) is 12. The molecule has 8 rings (SSSR count). The summed E-state index contributed by atoms with van der Waals surface area (Å²) in [4.78, 5) is 68.2. The molecule has 60 heavy (non-hydrogen) atoms. The number of carboxylic acids is 1. The number of halogens is 2. The van der Waals surface area contributed by atoms with Crippen molar-refractivity contribution < 1.29 is 42.9 Å². The van der Waals surface area contributed by atoms with Crippen LogP contribution in [0.3, 0.4) is 0 Å². The van der Waals surface area contributed by atoms with Gasteiger partial charge in [-0.3, -0.25) is 24.4 Å². The lowest BCUT2D eigenvalue weighted by atomic mass is 9.95. The largest absolute Gasteiger partial charge is 0.481 e. The van der Waals surface area contributed by atoms with Gasteiger partial charge < -0.3 is 34.4 Å². The first-order valence-electron chi connectivity index (χ1n) is 19.4. The van der Waals surface area contributed by atoms with E-state index in [1.165, 1.54) is 36.6 Å². The van der Waals surface area contributed by atoms with Gasteiger partial charge in [-0.2, -0.15) is 0 Å². The number of thiazole rings is 1. The SMILES string of the molecule is COC(=O)C1=C(CN2CCN3C(=O)N(c4ccc(Oc5ccc(C(=O)N6CCOCC6CCC(=O)O)cc5)cc4)CC3C2)NC(c2nccs2)=NC1c1ccc(F)cc1Cl. The number of amides is 3. The fourth-order valence-corrected chi connectivity index (χ4v) is 8.79. The number of aliphatic carboxylic acids is 1. The van der Waals surface area contributed by atoms with Crippen LogP contribution in [-0.4, -0.2) is 126 Å². The molecule has 18 heteroatoms. The second kappa shape index (κ2) is 17.8. The van der Waals surface area contributed by atoms with Crippen LogP contribution in [0, 0.1) is 5.82 Å². The Hall–Kier alpha value is -5.88. The van der Waals surface area contributed by atoms with E-state index in [2.05, 4.69) is 15.2 Å². The van der Waals surface area contributed by atoms with Crippen molar-refractivity contribution in [3.8, 4) is 11.5 Å². The minimum absolute atomic E-state index is 0.0467. The van der Waals surface area contributed by atoms with Gasteiger partial charge in [0, 0.05) is 84.8 Å². The summed E-state index contributed by atoms with van der Waals surface area (Å²) in [6.45, 7) is 3.37. The Kier molecular flexibility index (Phi) is 12.1. The molecule has 2 N–H and O–H groups in total. The Bertz CT molecular complexity index is 2330. The minimum Gasteiger partial charge on any atom is -0.481 e. The minimum atomic E-state index is -0.915. The number of carbonyl (C=O) groups excluding carboxylic acids is 3. The van der Waals surface area contributed by atoms with Crippen molar-refractivity contribution in [2.45, 2.75) is 31.0 Å². The van der Waals surface area contributed by atoms with E-state index in [-0.39, 0.29) is 41.0 Å². The van der Waals surface area contributed by atoms with Crippen molar-refractivity contribution in [2.75, 3.05) is 64.5 Å². The van der Waals surface area contributed by atoms with Crippen LogP contribution >= 0.6 is 22.9 Å². The van der Waals surface area contributed by atoms with Gasteiger partial charge in [-0.05, 0) is 67.1 Å². The fourth-order valence-electron chi connectivity index (χ4n) is 7.94. The number of nitrogens with one attached hydrogen (secondary N) is 1. The van der Waals surface area contributed by atoms with Gasteiger partial charge >= 0.3 is 18.0 Å². The number of aliphatic imine (C=N–C) groups is 1. The predicted octanol–water partition coefficient (Wildman–Crippen LogP) is 5.58. The number of fused-ring (bicyclic) bond motifs is 1. The first-order chi connectivity index (χ1) is 29.1. The molecule has 5 heterocycles. The first-order valence-corrected chi connectivity index (χ1v) is 20.6. The Morgan fingerprint density at radius 2 is 1.80 bits per heavy atom. The third-order valence-corrected chi connectivity index (χ3v) is 12.0. The molecule has 4 aromatic rings. The number of piperazine rings is 1. The van der Waals surface area contributed by atoms with Crippen LogP contribution in [0.25, 0.3) is 0 Å². The van der Waals surface area contributed by atoms with Crippen molar-refractivity contribution in [3.05, 3.63) is 117 Å². The number of aromatic nitrogens is 1. The van der Waals surface area contributed by atoms with Crippen molar-refractivity contribution in [2.24, 2.45) is 4.99 Å². The number of methoxy groups -OCH3 is 1. The van der Waals surface area contributed by atoms with Gasteiger partial charge in [0.25, 0.3) is 5.91 Å². The Labute approximate surface area is 353 Å². The predicted molar refractivity (Wildman–Crippen MR) is 220 cm³/mol. The van der Waals surface area contributed by atoms with E-state index in [1.807, 2.05) is 22.4 Å². The van der Waals surface area contributed by atoms with Crippen molar-refractivity contribution in [1.82, 2.24) is 25.0 Å². The second-order valence-corrected chi connectivity index (χ2v) is 15.9. The maximum Gasteiger partial charge on any atom is 0.338 e. The van der Waals surface area contributed by atoms with E-state index in [4.69, 9.17) is 35.9 Å². The number of carboxylic acid groups (broad SMARTS) is 1. The lowest BCUT2D eigenvalue weighted by molar-refractivity contribution is -0.138. The van der Waals surface area contributed by atoms with Gasteiger partial charge in [-0.25, -0.2) is 19.0 Å². The summed E-state index contributed by atoms with van der Waals surface area (Å²) in [6.07, 6.45) is 1.93. The van der Waals surface area contributed by atoms with Gasteiger partial charge in [0.15, 0.2) is 10.8 Å². The molecular weight excluding hydrogens is 817 g/mol. The van der Waals surface area contributed by atoms with Gasteiger partial charge in [-0.1, -0.05) is 17.7 Å². The number of amidine groups is 1. The Morgan fingerprint density at radius 3 is 2.50 bits per heavy atom. The number of rotatable bonds is 12. The zero-order valence-corrected chi connectivity index (χ0v) is 34.0. The standard InChI is InChI=1S/C42H41ClFN7O8S/c1-57-41(55)36-34(46-38(39-45-14-19-60-39)47-37(36)32-12-4-26(44)20-33(32)43)23-48-15-16-50-29(21-48)22-51(42(50)56)27-5-10-31(11-6-27)59-30-8-2-25(3-9-30)40(54)49-17-18-58-24-28(49)7-13-35(52)53/h2-6,8-12,14,19-20,28-29,37H,7,13,15-18,21-24H2,1H3,(H,46,47)(H,52,53). The summed E-state index contributed by atoms with van der Waals surface area (Å²) in [7, 11) is 1.30. The molecule has 3 unspecified atom stereocenters. The van der Waals surface area contributed by atoms with Crippen molar-refractivity contribution in [1.29, 1.82) is 0 Å². The molecule has 3 fully saturated rings. The molecule has 0 spiro atoms. The zero-order valence-electron chi connectivity index (χ0n) is 32.5. The molecular formula is C42H41ClFN7O8S. The fraction of sp³-hybridized carbons (Fsp3) is 0.333. The molecule has 3 aromatic carbocycles. The molecule has 312 valence electrons. The molecule has 3 amide bonds. The van der Waals surface area contributed by atoms with E-state index < -0.39 is 23.8 Å². The highest BCUT2D eigenvalue weighted by atomic mass is 35.5. The summed E-state index contributed by atoms with van der Waals surface area (Å²) in [6, 6.07) is 16.6. The van der Waals surface area contributed by atoms with Crippen LogP contribution in [0.1, 0.15) is 39.8 Å². The van der Waals surface area contributed by atoms with E-state index in [9.17, 15) is 23.6 Å². The monoisotopic (exact) mass is 857 g/mol. The summed E-state index contributed by atoms with van der Waals surface area (Å²) in [5.74, 6) is -0.697. The first kappa shape index (κ1) is 40.9. The number of nitrogens with zero attached hydrogens (tertiary/aromatic N) is 6. The third kappa shape index (κ3) is 8.70. The highest BCUT2D eigenvalue weighted by Gasteiger charge is 2.42. The van der Waals surface area contributed by atoms with Crippen LogP contribution in [0.4, 0.5) is 14.9 Å². The maximum absolute atomic E-state index is 14.1. The highest BCUT2D eigenvalue weighted by Crippen LogP contribution is 2.37. The van der Waals surface area contributed by atoms with Gasteiger partial charge in [0.2, 0.25) is 0 Å². The number of ether oxygens (including phenoxy) is 3. The third-order valence-electron chi connectivity index (χ3n) is 10.9. The van der Waals surface area contributed by atoms with E-state index >= 15 is 0 Å². The lowest BCUT2D eigenvalue weighted by Gasteiger charge is -2.38. The highest BCUT2D eigenvalue weighted by molar-refractivity contribution is 7.11. The number of morpholine rings is 1. The number of hydrogen-bond donors (Lipinski definition) is 2. The number of esters is 1. The van der Waals surface area contributed by atoms with Crippen LogP contribution in [0.15, 0.2) is 94.6 Å². The number of benzene rings is 3. The lowest BCUT2D eigenvalue weighted by Crippen LogP contribution is -2.53. The summed E-state index contributed by atoms with van der Waals surface area (Å²) in [5, 5.41) is 15.0. The Balaban J connectivity index is 0.925. The van der Waals surface area contributed by atoms with Gasteiger partial charge in [0.1, 0.15) is 23.4 Å². The smallest absolute Gasteiger partial charge is 0.338 e. The van der Waals surface area contributed by atoms with Crippen LogP contribution < -0.4 is 15.0 Å². The molecule has 3 saturated heterocycles. The Morgan fingerprint density at radius 1 is 1.03 bits per heavy atom. The molecule has 4 aliphatic rings. The van der Waals surface area contributed by atoms with Crippen molar-refractivity contribution >= 4 is 58.3 Å². The molecule has 15 nitrogen and oxygen atoms in total. The van der Waals surface area contributed by atoms with E-state index in [0.717, 1.165) is 0 Å². The molecule has 4 aliphatic heterocycles. The van der Waals surface area contributed by atoms with Crippen molar-refractivity contribution in [3.63, 3.8) is 0 Å². The second-order valence-electron chi connectivity index (χ2n) is 14.6. The van der Waals surface area contributed by atoms with Crippen LogP contribution in [0.5, 0.6) is 11.5 Å². The topological polar surface area (TPSA) is 166 Å². The zero-order chi connectivity index (χ0) is 41.9. The summed E-state index contributed by atoms with van der Waals surface area (Å²) < 4.78 is 30.9. The van der Waals surface area contributed by atoms with Gasteiger partial charge in [-0.15, -0.1) is 11.3 Å². The molecule has 0 bridgehead atoms. The van der Waals surface area contributed by atoms with E-state index in [0.29, 0.717) is 104 Å². The van der Waals surface area contributed by atoms with E-state index in [1.54, 1.807) is 52.4 Å². The van der Waals surface area contributed by atoms with Gasteiger partial charge in [0.05, 0.1) is 38.0 Å². The van der Waals surface area contributed by atoms with Crippen LogP contribution in [-0.2, 0) is 19.1 Å². The number of anilines is 1. The quantitative estimate of drug-likeness (QED) is 0.171. The van der Waals surface area contributed by atoms with Crippen LogP contribution in [0.2, 0.25) is 5.02 Å². The molecule has 0 saturated carbocycles. The molecule has 0 aliphatic carbocycles. The normalized spacial score (nSPS) is 20.7.